The second-order valence-corrected chi connectivity index (χ2v) is 11.3. The van der Waals surface area contributed by atoms with E-state index in [2.05, 4.69) is 15.1 Å². The average molecular weight is 601 g/mol. The van der Waals surface area contributed by atoms with E-state index in [-0.39, 0.29) is 23.7 Å². The van der Waals surface area contributed by atoms with Gasteiger partial charge >= 0.3 is 12.4 Å². The molecule has 4 aromatic rings. The van der Waals surface area contributed by atoms with Crippen molar-refractivity contribution < 1.29 is 31.1 Å². The van der Waals surface area contributed by atoms with E-state index < -0.39 is 41.2 Å². The minimum Gasteiger partial charge on any atom is -0.368 e. The van der Waals surface area contributed by atoms with Crippen molar-refractivity contribution in [3.63, 3.8) is 0 Å². The van der Waals surface area contributed by atoms with Crippen molar-refractivity contribution in [3.05, 3.63) is 119 Å². The van der Waals surface area contributed by atoms with Crippen LogP contribution in [0.15, 0.2) is 91.5 Å². The Bertz CT molecular complexity index is 1490. The molecule has 0 N–H and O–H groups in total. The maximum atomic E-state index is 13.7. The molecule has 0 radical (unpaired) electrons. The molecule has 2 aliphatic heterocycles. The lowest BCUT2D eigenvalue weighted by atomic mass is 9.78. The third kappa shape index (κ3) is 5.56. The molecular weight excluding hydrogens is 570 g/mol. The number of aromatic nitrogens is 3. The standard InChI is InChI=1S/C32H30F6N4O/c1-21(23-14-25(31(33,34)35)16-26(15-23)32(36,37)38)43-29-13-12-27-28(41-19-39-40-20-41)17-30(29,24-10-6-3-7-11-24)42(27)18-22-8-4-2-5-9-22/h2-11,14-16,19-21,27-29H,12-13,17-18H2,1H3. The SMILES string of the molecule is CC(OC1CCC2C(n3cnnc3)CC1(c1ccccc1)N2Cc1ccccc1)c1cc(C(F)(F)F)cc(C(F)(F)F)c1. The van der Waals surface area contributed by atoms with Crippen LogP contribution in [0.4, 0.5) is 26.3 Å². The largest absolute Gasteiger partial charge is 0.416 e. The number of rotatable bonds is 7. The number of alkyl halides is 6. The van der Waals surface area contributed by atoms with Crippen LogP contribution >= 0.6 is 0 Å². The molecule has 2 fully saturated rings. The molecule has 3 aromatic carbocycles. The van der Waals surface area contributed by atoms with Crippen LogP contribution in [0.25, 0.3) is 0 Å². The Morgan fingerprint density at radius 1 is 0.814 bits per heavy atom. The first-order valence-electron chi connectivity index (χ1n) is 14.1. The summed E-state index contributed by atoms with van der Waals surface area (Å²) in [4.78, 5) is 2.40. The van der Waals surface area contributed by atoms with E-state index in [1.165, 1.54) is 6.92 Å². The van der Waals surface area contributed by atoms with Gasteiger partial charge in [-0.3, -0.25) is 4.90 Å². The van der Waals surface area contributed by atoms with Gasteiger partial charge in [-0.1, -0.05) is 60.7 Å². The van der Waals surface area contributed by atoms with Crippen LogP contribution < -0.4 is 0 Å². The van der Waals surface area contributed by atoms with Crippen LogP contribution in [0, 0.1) is 0 Å². The van der Waals surface area contributed by atoms with Crippen LogP contribution in [0.3, 0.4) is 0 Å². The highest BCUT2D eigenvalue weighted by Gasteiger charge is 2.60. The van der Waals surface area contributed by atoms with Crippen molar-refractivity contribution in [2.75, 3.05) is 0 Å². The summed E-state index contributed by atoms with van der Waals surface area (Å²) >= 11 is 0. The van der Waals surface area contributed by atoms with E-state index >= 15 is 0 Å². The number of hydrogen-bond acceptors (Lipinski definition) is 4. The van der Waals surface area contributed by atoms with E-state index in [4.69, 9.17) is 4.74 Å². The van der Waals surface area contributed by atoms with Gasteiger partial charge in [0.1, 0.15) is 12.7 Å². The molecule has 11 heteroatoms. The lowest BCUT2D eigenvalue weighted by Crippen LogP contribution is -2.56. The molecule has 43 heavy (non-hydrogen) atoms. The molecule has 5 unspecified atom stereocenters. The predicted octanol–water partition coefficient (Wildman–Crippen LogP) is 7.97. The van der Waals surface area contributed by atoms with Crippen LogP contribution in [-0.2, 0) is 29.2 Å². The Morgan fingerprint density at radius 3 is 1.98 bits per heavy atom. The van der Waals surface area contributed by atoms with Crippen LogP contribution in [0.5, 0.6) is 0 Å². The minimum absolute atomic E-state index is 0.0202. The van der Waals surface area contributed by atoms with Gasteiger partial charge in [-0.05, 0) is 61.1 Å². The predicted molar refractivity (Wildman–Crippen MR) is 147 cm³/mol. The molecule has 0 saturated carbocycles. The fraction of sp³-hybridized carbons (Fsp3) is 0.375. The summed E-state index contributed by atoms with van der Waals surface area (Å²) in [6.07, 6.45) is -6.22. The molecule has 0 spiro atoms. The highest BCUT2D eigenvalue weighted by molar-refractivity contribution is 5.36. The van der Waals surface area contributed by atoms with Crippen molar-refractivity contribution in [2.45, 2.75) is 74.9 Å². The molecule has 6 rings (SSSR count). The smallest absolute Gasteiger partial charge is 0.368 e. The summed E-state index contributed by atoms with van der Waals surface area (Å²) < 4.78 is 90.6. The number of hydrogen-bond donors (Lipinski definition) is 0. The molecule has 2 saturated heterocycles. The quantitative estimate of drug-likeness (QED) is 0.202. The minimum atomic E-state index is -4.94. The summed E-state index contributed by atoms with van der Waals surface area (Å²) in [5.41, 5.74) is -1.54. The molecule has 0 aliphatic carbocycles. The normalized spacial score (nSPS) is 25.1. The van der Waals surface area contributed by atoms with Crippen molar-refractivity contribution in [1.29, 1.82) is 0 Å². The zero-order chi connectivity index (χ0) is 30.4. The third-order valence-corrected chi connectivity index (χ3v) is 8.87. The molecule has 0 amide bonds. The number of nitrogens with zero attached hydrogens (tertiary/aromatic N) is 4. The van der Waals surface area contributed by atoms with Crippen LogP contribution in [0.2, 0.25) is 0 Å². The maximum Gasteiger partial charge on any atom is 0.416 e. The van der Waals surface area contributed by atoms with E-state index in [9.17, 15) is 26.3 Å². The van der Waals surface area contributed by atoms with E-state index in [0.717, 1.165) is 23.3 Å². The summed E-state index contributed by atoms with van der Waals surface area (Å²) in [5.74, 6) is 0. The van der Waals surface area contributed by atoms with Gasteiger partial charge in [0, 0.05) is 12.6 Å². The Hall–Kier alpha value is -3.70. The Balaban J connectivity index is 1.44. The Kier molecular flexibility index (Phi) is 7.58. The molecule has 226 valence electrons. The zero-order valence-electron chi connectivity index (χ0n) is 23.3. The number of piperidine rings is 1. The van der Waals surface area contributed by atoms with Crippen molar-refractivity contribution in [1.82, 2.24) is 19.7 Å². The highest BCUT2D eigenvalue weighted by Crippen LogP contribution is 2.57. The van der Waals surface area contributed by atoms with Crippen LogP contribution in [0.1, 0.15) is 66.1 Å². The average Bonchev–Trinajstić information content (AvgIpc) is 3.58. The molecule has 2 aliphatic rings. The zero-order valence-corrected chi connectivity index (χ0v) is 23.3. The second kappa shape index (κ2) is 11.1. The van der Waals surface area contributed by atoms with Gasteiger partial charge in [-0.2, -0.15) is 26.3 Å². The van der Waals surface area contributed by atoms with Gasteiger partial charge in [0.2, 0.25) is 0 Å². The Labute approximate surface area is 245 Å². The van der Waals surface area contributed by atoms with Crippen LogP contribution in [-0.4, -0.2) is 31.8 Å². The van der Waals surface area contributed by atoms with Gasteiger partial charge < -0.3 is 9.30 Å². The first-order valence-corrected chi connectivity index (χ1v) is 14.1. The Morgan fingerprint density at radius 2 is 1.40 bits per heavy atom. The van der Waals surface area contributed by atoms with Gasteiger partial charge in [0.05, 0.1) is 34.9 Å². The summed E-state index contributed by atoms with van der Waals surface area (Å²) in [6.45, 7) is 2.10. The summed E-state index contributed by atoms with van der Waals surface area (Å²) in [7, 11) is 0. The number of halogens is 6. The van der Waals surface area contributed by atoms with E-state index in [1.807, 2.05) is 65.2 Å². The second-order valence-electron chi connectivity index (χ2n) is 11.3. The van der Waals surface area contributed by atoms with Crippen molar-refractivity contribution in [2.24, 2.45) is 0 Å². The van der Waals surface area contributed by atoms with Gasteiger partial charge in [-0.15, -0.1) is 10.2 Å². The van der Waals surface area contributed by atoms with E-state index in [1.54, 1.807) is 12.7 Å². The summed E-state index contributed by atoms with van der Waals surface area (Å²) in [5, 5.41) is 8.06. The topological polar surface area (TPSA) is 43.2 Å². The lowest BCUT2D eigenvalue weighted by Gasteiger charge is -2.50. The highest BCUT2D eigenvalue weighted by atomic mass is 19.4. The van der Waals surface area contributed by atoms with Crippen molar-refractivity contribution in [3.8, 4) is 0 Å². The summed E-state index contributed by atoms with van der Waals surface area (Å²) in [6, 6.07) is 21.5. The van der Waals surface area contributed by atoms with E-state index in [0.29, 0.717) is 25.8 Å². The lowest BCUT2D eigenvalue weighted by molar-refractivity contribution is -0.144. The van der Waals surface area contributed by atoms with Gasteiger partial charge in [-0.25, -0.2) is 0 Å². The van der Waals surface area contributed by atoms with Gasteiger partial charge in [0.15, 0.2) is 0 Å². The third-order valence-electron chi connectivity index (χ3n) is 8.87. The first-order chi connectivity index (χ1) is 20.5. The molecule has 1 aromatic heterocycles. The number of ether oxygens (including phenoxy) is 1. The fourth-order valence-corrected chi connectivity index (χ4v) is 6.94. The fourth-order valence-electron chi connectivity index (χ4n) is 6.94. The van der Waals surface area contributed by atoms with Crippen molar-refractivity contribution >= 4 is 0 Å². The monoisotopic (exact) mass is 600 g/mol. The van der Waals surface area contributed by atoms with Gasteiger partial charge in [0.25, 0.3) is 0 Å². The maximum absolute atomic E-state index is 13.7. The first kappa shape index (κ1) is 29.4. The molecular formula is C32H30F6N4O. The molecule has 3 heterocycles. The molecule has 5 atom stereocenters. The molecule has 5 nitrogen and oxygen atoms in total. The molecule has 2 bridgehead atoms. The number of fused-ring (bicyclic) bond motifs is 2. The number of benzene rings is 3.